The molecule has 0 bridgehead atoms. The Morgan fingerprint density at radius 1 is 1.30 bits per heavy atom. The van der Waals surface area contributed by atoms with Crippen LogP contribution in [-0.2, 0) is 0 Å². The van der Waals surface area contributed by atoms with Gasteiger partial charge in [-0.2, -0.15) is 0 Å². The molecule has 2 aromatic rings. The number of anilines is 1. The van der Waals surface area contributed by atoms with E-state index in [1.165, 1.54) is 0 Å². The number of phenolic OH excluding ortho intramolecular Hbond substituents is 1. The van der Waals surface area contributed by atoms with Gasteiger partial charge in [-0.1, -0.05) is 0 Å². The quantitative estimate of drug-likeness (QED) is 0.897. The summed E-state index contributed by atoms with van der Waals surface area (Å²) in [7, 11) is 1.64. The van der Waals surface area contributed by atoms with Crippen LogP contribution in [0.2, 0.25) is 0 Å². The first-order valence-corrected chi connectivity index (χ1v) is 7.02. The van der Waals surface area contributed by atoms with E-state index in [-0.39, 0.29) is 11.8 Å². The van der Waals surface area contributed by atoms with E-state index in [4.69, 9.17) is 9.47 Å². The van der Waals surface area contributed by atoms with E-state index in [9.17, 15) is 5.11 Å². The molecule has 0 radical (unpaired) electrons. The van der Waals surface area contributed by atoms with Crippen molar-refractivity contribution in [2.75, 3.05) is 19.0 Å². The summed E-state index contributed by atoms with van der Waals surface area (Å²) in [4.78, 5) is 0. The predicted octanol–water partition coefficient (Wildman–Crippen LogP) is 3.71. The summed E-state index contributed by atoms with van der Waals surface area (Å²) in [5.41, 5.74) is 1.98. The Morgan fingerprint density at radius 3 is 2.95 bits per heavy atom. The van der Waals surface area contributed by atoms with E-state index in [1.54, 1.807) is 19.2 Å². The van der Waals surface area contributed by atoms with Crippen molar-refractivity contribution < 1.29 is 14.6 Å². The Bertz CT molecular complexity index is 645. The van der Waals surface area contributed by atoms with Crippen LogP contribution in [0.5, 0.6) is 17.2 Å². The number of phenols is 1. The molecule has 104 valence electrons. The van der Waals surface area contributed by atoms with Crippen LogP contribution < -0.4 is 14.8 Å². The van der Waals surface area contributed by atoms with E-state index in [0.29, 0.717) is 6.61 Å². The van der Waals surface area contributed by atoms with Crippen molar-refractivity contribution in [2.24, 2.45) is 0 Å². The summed E-state index contributed by atoms with van der Waals surface area (Å²) >= 11 is 3.52. The maximum Gasteiger partial charge on any atom is 0.128 e. The van der Waals surface area contributed by atoms with Crippen molar-refractivity contribution in [3.8, 4) is 17.2 Å². The fraction of sp³-hybridized carbons (Fsp3) is 0.200. The normalized spacial score (nSPS) is 16.4. The van der Waals surface area contributed by atoms with E-state index in [0.717, 1.165) is 27.2 Å². The third-order valence-corrected chi connectivity index (χ3v) is 3.97. The number of nitrogens with one attached hydrogen (secondary N) is 1. The summed E-state index contributed by atoms with van der Waals surface area (Å²) in [6.07, 6.45) is 0. The van der Waals surface area contributed by atoms with E-state index >= 15 is 0 Å². The fourth-order valence-corrected chi connectivity index (χ4v) is 2.61. The lowest BCUT2D eigenvalue weighted by Gasteiger charge is -2.15. The Balaban J connectivity index is 1.87. The van der Waals surface area contributed by atoms with Crippen LogP contribution in [0.15, 0.2) is 40.9 Å². The average Bonchev–Trinajstić information content (AvgIpc) is 2.83. The molecule has 20 heavy (non-hydrogen) atoms. The van der Waals surface area contributed by atoms with Crippen LogP contribution in [0.4, 0.5) is 5.69 Å². The number of methoxy groups -OCH3 is 1. The molecule has 5 heteroatoms. The van der Waals surface area contributed by atoms with E-state index in [2.05, 4.69) is 21.2 Å². The van der Waals surface area contributed by atoms with Gasteiger partial charge in [0.15, 0.2) is 0 Å². The van der Waals surface area contributed by atoms with Gasteiger partial charge in [0.2, 0.25) is 0 Å². The molecule has 1 atom stereocenters. The highest BCUT2D eigenvalue weighted by Crippen LogP contribution is 2.38. The summed E-state index contributed by atoms with van der Waals surface area (Å²) in [6, 6.07) is 11.0. The zero-order chi connectivity index (χ0) is 14.1. The molecule has 0 fully saturated rings. The number of ether oxygens (including phenoxy) is 2. The van der Waals surface area contributed by atoms with Gasteiger partial charge in [-0.3, -0.25) is 0 Å². The first-order valence-electron chi connectivity index (χ1n) is 6.23. The maximum atomic E-state index is 9.46. The third kappa shape index (κ3) is 2.41. The van der Waals surface area contributed by atoms with Crippen LogP contribution in [0.25, 0.3) is 0 Å². The minimum atomic E-state index is 0.0500. The number of hydrogen-bond acceptors (Lipinski definition) is 4. The van der Waals surface area contributed by atoms with Crippen molar-refractivity contribution in [3.05, 3.63) is 46.4 Å². The molecule has 1 heterocycles. The van der Waals surface area contributed by atoms with Gasteiger partial charge in [0, 0.05) is 22.2 Å². The zero-order valence-electron chi connectivity index (χ0n) is 10.9. The van der Waals surface area contributed by atoms with E-state index in [1.807, 2.05) is 24.3 Å². The molecule has 0 spiro atoms. The molecule has 0 aliphatic carbocycles. The molecule has 3 rings (SSSR count). The van der Waals surface area contributed by atoms with Crippen LogP contribution >= 0.6 is 15.9 Å². The molecule has 0 aromatic heterocycles. The van der Waals surface area contributed by atoms with Crippen molar-refractivity contribution >= 4 is 21.6 Å². The van der Waals surface area contributed by atoms with Gasteiger partial charge in [-0.05, 0) is 40.2 Å². The van der Waals surface area contributed by atoms with Gasteiger partial charge in [0.1, 0.15) is 23.9 Å². The highest BCUT2D eigenvalue weighted by atomic mass is 79.9. The lowest BCUT2D eigenvalue weighted by Crippen LogP contribution is -2.12. The highest BCUT2D eigenvalue weighted by Gasteiger charge is 2.24. The summed E-state index contributed by atoms with van der Waals surface area (Å²) in [6.45, 7) is 0.530. The third-order valence-electron chi connectivity index (χ3n) is 3.28. The lowest BCUT2D eigenvalue weighted by atomic mass is 10.1. The topological polar surface area (TPSA) is 50.7 Å². The van der Waals surface area contributed by atoms with Crippen LogP contribution in [0.3, 0.4) is 0 Å². The molecule has 0 saturated heterocycles. The molecule has 1 aliphatic heterocycles. The second-order valence-corrected chi connectivity index (χ2v) is 5.43. The van der Waals surface area contributed by atoms with Gasteiger partial charge in [-0.15, -0.1) is 0 Å². The number of rotatable bonds is 3. The standard InChI is InChI=1S/C15H14BrNO3/c1-19-10-3-5-12(16)13(7-10)17-14-8-20-15-6-9(18)2-4-11(14)15/h2-7,14,17-18H,8H2,1H3. The van der Waals surface area contributed by atoms with E-state index < -0.39 is 0 Å². The van der Waals surface area contributed by atoms with Crippen molar-refractivity contribution in [1.82, 2.24) is 0 Å². The number of fused-ring (bicyclic) bond motifs is 1. The highest BCUT2D eigenvalue weighted by molar-refractivity contribution is 9.10. The Labute approximate surface area is 125 Å². The van der Waals surface area contributed by atoms with Crippen molar-refractivity contribution in [2.45, 2.75) is 6.04 Å². The SMILES string of the molecule is COc1ccc(Br)c(NC2COc3cc(O)ccc32)c1. The molecular weight excluding hydrogens is 322 g/mol. The van der Waals surface area contributed by atoms with Crippen LogP contribution in [-0.4, -0.2) is 18.8 Å². The summed E-state index contributed by atoms with van der Waals surface area (Å²) in [5.74, 6) is 1.73. The fourth-order valence-electron chi connectivity index (χ4n) is 2.25. The molecular formula is C15H14BrNO3. The number of aromatic hydroxyl groups is 1. The number of halogens is 1. The second kappa shape index (κ2) is 5.25. The molecule has 0 amide bonds. The largest absolute Gasteiger partial charge is 0.508 e. The molecule has 2 N–H and O–H groups in total. The monoisotopic (exact) mass is 335 g/mol. The first-order chi connectivity index (χ1) is 9.67. The van der Waals surface area contributed by atoms with Crippen molar-refractivity contribution in [3.63, 3.8) is 0 Å². The second-order valence-electron chi connectivity index (χ2n) is 4.58. The van der Waals surface area contributed by atoms with Crippen LogP contribution in [0.1, 0.15) is 11.6 Å². The smallest absolute Gasteiger partial charge is 0.128 e. The number of benzene rings is 2. The molecule has 4 nitrogen and oxygen atoms in total. The summed E-state index contributed by atoms with van der Waals surface area (Å²) in [5, 5.41) is 12.9. The van der Waals surface area contributed by atoms with Crippen LogP contribution in [0, 0.1) is 0 Å². The Morgan fingerprint density at radius 2 is 2.15 bits per heavy atom. The number of hydrogen-bond donors (Lipinski definition) is 2. The average molecular weight is 336 g/mol. The van der Waals surface area contributed by atoms with Gasteiger partial charge in [0.05, 0.1) is 18.8 Å². The van der Waals surface area contributed by atoms with Gasteiger partial charge in [-0.25, -0.2) is 0 Å². The Hall–Kier alpha value is -1.88. The minimum Gasteiger partial charge on any atom is -0.508 e. The van der Waals surface area contributed by atoms with Gasteiger partial charge in [0.25, 0.3) is 0 Å². The predicted molar refractivity (Wildman–Crippen MR) is 80.7 cm³/mol. The van der Waals surface area contributed by atoms with Gasteiger partial charge < -0.3 is 19.9 Å². The minimum absolute atomic E-state index is 0.0500. The van der Waals surface area contributed by atoms with Gasteiger partial charge >= 0.3 is 0 Å². The molecule has 1 unspecified atom stereocenters. The molecule has 2 aromatic carbocycles. The first kappa shape index (κ1) is 13.1. The summed E-state index contributed by atoms with van der Waals surface area (Å²) < 4.78 is 11.8. The molecule has 0 saturated carbocycles. The zero-order valence-corrected chi connectivity index (χ0v) is 12.5. The maximum absolute atomic E-state index is 9.46. The Kier molecular flexibility index (Phi) is 3.44. The lowest BCUT2D eigenvalue weighted by molar-refractivity contribution is 0.338. The molecule has 1 aliphatic rings. The van der Waals surface area contributed by atoms with Crippen molar-refractivity contribution in [1.29, 1.82) is 0 Å².